The van der Waals surface area contributed by atoms with Gasteiger partial charge in [-0.15, -0.1) is 15.3 Å². The minimum absolute atomic E-state index is 0.0783. The Morgan fingerprint density at radius 2 is 2.04 bits per heavy atom. The molecule has 8 heteroatoms. The minimum atomic E-state index is -0.152. The zero-order valence-electron chi connectivity index (χ0n) is 13.9. The number of anilines is 1. The number of fused-ring (bicyclic) bond motifs is 2. The summed E-state index contributed by atoms with van der Waals surface area (Å²) in [5, 5.41) is 13.2. The van der Waals surface area contributed by atoms with Crippen LogP contribution in [0, 0.1) is 0 Å². The van der Waals surface area contributed by atoms with Crippen LogP contribution < -0.4 is 10.5 Å². The van der Waals surface area contributed by atoms with Crippen LogP contribution in [0.4, 0.5) is 5.82 Å². The molecule has 4 rings (SSSR count). The van der Waals surface area contributed by atoms with E-state index in [-0.39, 0.29) is 11.0 Å². The van der Waals surface area contributed by atoms with Crippen molar-refractivity contribution >= 4 is 11.5 Å². The molecule has 1 N–H and O–H groups in total. The molecule has 0 spiro atoms. The average molecular weight is 325 g/mol. The highest BCUT2D eigenvalue weighted by atomic mass is 16.1. The van der Waals surface area contributed by atoms with Crippen molar-refractivity contribution in [1.29, 1.82) is 0 Å². The second kappa shape index (κ2) is 5.12. The first kappa shape index (κ1) is 14.8. The lowest BCUT2D eigenvalue weighted by Crippen LogP contribution is -2.36. The highest BCUT2D eigenvalue weighted by Gasteiger charge is 2.24. The van der Waals surface area contributed by atoms with Gasteiger partial charge in [0.15, 0.2) is 11.5 Å². The molecule has 4 heterocycles. The van der Waals surface area contributed by atoms with Gasteiger partial charge in [0, 0.05) is 18.4 Å². The van der Waals surface area contributed by atoms with Gasteiger partial charge < -0.3 is 9.88 Å². The zero-order valence-corrected chi connectivity index (χ0v) is 13.9. The Bertz CT molecular complexity index is 966. The Kier molecular flexibility index (Phi) is 3.16. The number of aromatic amines is 1. The Morgan fingerprint density at radius 3 is 2.83 bits per heavy atom. The van der Waals surface area contributed by atoms with E-state index in [4.69, 9.17) is 5.10 Å². The Hall–Kier alpha value is -2.77. The third kappa shape index (κ3) is 2.34. The first-order valence-corrected chi connectivity index (χ1v) is 7.97. The summed E-state index contributed by atoms with van der Waals surface area (Å²) in [6.07, 6.45) is 2.20. The van der Waals surface area contributed by atoms with Crippen LogP contribution in [-0.2, 0) is 18.4 Å². The van der Waals surface area contributed by atoms with E-state index in [0.29, 0.717) is 12.1 Å². The summed E-state index contributed by atoms with van der Waals surface area (Å²) in [6, 6.07) is 3.83. The fourth-order valence-electron chi connectivity index (χ4n) is 2.97. The topological polar surface area (TPSA) is 92.1 Å². The van der Waals surface area contributed by atoms with Gasteiger partial charge in [-0.1, -0.05) is 20.8 Å². The molecule has 0 aliphatic carbocycles. The fraction of sp³-hybridized carbons (Fsp3) is 0.438. The number of nitrogens with zero attached hydrogens (tertiary/aromatic N) is 6. The van der Waals surface area contributed by atoms with Gasteiger partial charge in [-0.3, -0.25) is 4.79 Å². The summed E-state index contributed by atoms with van der Waals surface area (Å²) in [4.78, 5) is 21.0. The average Bonchev–Trinajstić information content (AvgIpc) is 2.98. The van der Waals surface area contributed by atoms with Crippen molar-refractivity contribution in [1.82, 2.24) is 29.8 Å². The zero-order chi connectivity index (χ0) is 16.9. The van der Waals surface area contributed by atoms with Gasteiger partial charge >= 0.3 is 0 Å². The van der Waals surface area contributed by atoms with Gasteiger partial charge in [0.25, 0.3) is 5.56 Å². The van der Waals surface area contributed by atoms with Crippen molar-refractivity contribution in [2.75, 3.05) is 11.4 Å². The van der Waals surface area contributed by atoms with Gasteiger partial charge in [-0.2, -0.15) is 4.52 Å². The first-order valence-electron chi connectivity index (χ1n) is 7.97. The van der Waals surface area contributed by atoms with Crippen LogP contribution in [0.1, 0.15) is 37.9 Å². The van der Waals surface area contributed by atoms with E-state index in [0.717, 1.165) is 35.9 Å². The maximum absolute atomic E-state index is 12.0. The molecule has 0 aromatic carbocycles. The lowest BCUT2D eigenvalue weighted by atomic mass is 9.96. The first-order chi connectivity index (χ1) is 11.4. The highest BCUT2D eigenvalue weighted by molar-refractivity contribution is 5.47. The van der Waals surface area contributed by atoms with E-state index in [1.54, 1.807) is 4.52 Å². The van der Waals surface area contributed by atoms with Crippen molar-refractivity contribution in [3.05, 3.63) is 45.9 Å². The highest BCUT2D eigenvalue weighted by Crippen LogP contribution is 2.23. The van der Waals surface area contributed by atoms with E-state index in [9.17, 15) is 4.79 Å². The smallest absolute Gasteiger partial charge is 0.255 e. The molecule has 24 heavy (non-hydrogen) atoms. The summed E-state index contributed by atoms with van der Waals surface area (Å²) in [5.74, 6) is 1.62. The quantitative estimate of drug-likeness (QED) is 0.719. The van der Waals surface area contributed by atoms with E-state index in [1.807, 2.05) is 12.1 Å². The molecule has 1 aliphatic rings. The van der Waals surface area contributed by atoms with Crippen LogP contribution >= 0.6 is 0 Å². The fourth-order valence-corrected chi connectivity index (χ4v) is 2.97. The SMILES string of the molecule is CC(C)(C)c1nnc2ccc(N3CCc4nc[nH]c(=O)c4C3)nn12. The van der Waals surface area contributed by atoms with Crippen molar-refractivity contribution < 1.29 is 0 Å². The standard InChI is InChI=1S/C16H19N7O/c1-16(2,3)15-20-19-12-4-5-13(21-23(12)15)22-7-6-11-10(8-22)14(24)18-9-17-11/h4-5,9H,6-8H2,1-3H3,(H,17,18,24). The molecule has 8 nitrogen and oxygen atoms in total. The summed E-state index contributed by atoms with van der Waals surface area (Å²) in [7, 11) is 0. The molecule has 124 valence electrons. The number of hydrogen-bond donors (Lipinski definition) is 1. The van der Waals surface area contributed by atoms with E-state index in [2.05, 4.69) is 45.8 Å². The number of rotatable bonds is 1. The van der Waals surface area contributed by atoms with Gasteiger partial charge in [0.05, 0.1) is 24.1 Å². The molecular weight excluding hydrogens is 306 g/mol. The van der Waals surface area contributed by atoms with Crippen LogP contribution in [0.15, 0.2) is 23.3 Å². The number of nitrogens with one attached hydrogen (secondary N) is 1. The molecule has 0 unspecified atom stereocenters. The number of aromatic nitrogens is 6. The van der Waals surface area contributed by atoms with Crippen LogP contribution in [0.3, 0.4) is 0 Å². The van der Waals surface area contributed by atoms with Crippen LogP contribution in [0.25, 0.3) is 5.65 Å². The van der Waals surface area contributed by atoms with Crippen LogP contribution in [-0.4, -0.2) is 36.3 Å². The molecule has 0 saturated carbocycles. The molecule has 0 saturated heterocycles. The monoisotopic (exact) mass is 325 g/mol. The van der Waals surface area contributed by atoms with E-state index < -0.39 is 0 Å². The Morgan fingerprint density at radius 1 is 1.21 bits per heavy atom. The normalized spacial score (nSPS) is 14.9. The predicted molar refractivity (Wildman–Crippen MR) is 89.1 cm³/mol. The third-order valence-electron chi connectivity index (χ3n) is 4.25. The summed E-state index contributed by atoms with van der Waals surface area (Å²) in [5.41, 5.74) is 2.08. The second-order valence-electron chi connectivity index (χ2n) is 7.06. The lowest BCUT2D eigenvalue weighted by Gasteiger charge is -2.28. The van der Waals surface area contributed by atoms with Crippen LogP contribution in [0.5, 0.6) is 0 Å². The number of H-pyrrole nitrogens is 1. The van der Waals surface area contributed by atoms with Crippen LogP contribution in [0.2, 0.25) is 0 Å². The molecule has 0 radical (unpaired) electrons. The van der Waals surface area contributed by atoms with Crippen molar-refractivity contribution in [3.63, 3.8) is 0 Å². The predicted octanol–water partition coefficient (Wildman–Crippen LogP) is 1.07. The van der Waals surface area contributed by atoms with Crippen molar-refractivity contribution in [3.8, 4) is 0 Å². The van der Waals surface area contributed by atoms with Gasteiger partial charge in [-0.05, 0) is 12.1 Å². The minimum Gasteiger partial charge on any atom is -0.350 e. The van der Waals surface area contributed by atoms with Gasteiger partial charge in [-0.25, -0.2) is 4.98 Å². The number of hydrogen-bond acceptors (Lipinski definition) is 6. The molecular formula is C16H19N7O. The lowest BCUT2D eigenvalue weighted by molar-refractivity contribution is 0.525. The molecule has 3 aromatic rings. The largest absolute Gasteiger partial charge is 0.350 e. The van der Waals surface area contributed by atoms with E-state index >= 15 is 0 Å². The summed E-state index contributed by atoms with van der Waals surface area (Å²) < 4.78 is 1.79. The van der Waals surface area contributed by atoms with E-state index in [1.165, 1.54) is 6.33 Å². The Labute approximate surface area is 138 Å². The molecule has 0 bridgehead atoms. The van der Waals surface area contributed by atoms with Gasteiger partial charge in [0.1, 0.15) is 5.82 Å². The summed E-state index contributed by atoms with van der Waals surface area (Å²) in [6.45, 7) is 7.53. The summed E-state index contributed by atoms with van der Waals surface area (Å²) >= 11 is 0. The Balaban J connectivity index is 1.75. The second-order valence-corrected chi connectivity index (χ2v) is 7.06. The molecule has 0 amide bonds. The molecule has 3 aromatic heterocycles. The maximum atomic E-state index is 12.0. The third-order valence-corrected chi connectivity index (χ3v) is 4.25. The molecule has 0 fully saturated rings. The molecule has 1 aliphatic heterocycles. The maximum Gasteiger partial charge on any atom is 0.255 e. The molecule has 0 atom stereocenters. The van der Waals surface area contributed by atoms with Crippen molar-refractivity contribution in [2.45, 2.75) is 39.2 Å². The van der Waals surface area contributed by atoms with Crippen molar-refractivity contribution in [2.24, 2.45) is 0 Å². The van der Waals surface area contributed by atoms with Gasteiger partial charge in [0.2, 0.25) is 0 Å².